The molecule has 0 saturated heterocycles. The molecule has 0 amide bonds. The molecule has 0 bridgehead atoms. The van der Waals surface area contributed by atoms with Crippen LogP contribution in [-0.2, 0) is 6.42 Å². The zero-order valence-corrected chi connectivity index (χ0v) is 12.0. The lowest BCUT2D eigenvalue weighted by atomic mass is 10.4. The maximum absolute atomic E-state index is 5.74. The van der Waals surface area contributed by atoms with Crippen LogP contribution in [0.1, 0.15) is 12.7 Å². The van der Waals surface area contributed by atoms with Crippen molar-refractivity contribution in [1.29, 1.82) is 0 Å². The van der Waals surface area contributed by atoms with Crippen LogP contribution in [0.5, 0.6) is 0 Å². The van der Waals surface area contributed by atoms with E-state index in [0.29, 0.717) is 5.82 Å². The van der Waals surface area contributed by atoms with Gasteiger partial charge in [0.15, 0.2) is 4.34 Å². The molecule has 0 saturated carbocycles. The lowest BCUT2D eigenvalue weighted by Gasteiger charge is -2.04. The maximum atomic E-state index is 5.74. The molecule has 2 rings (SSSR count). The highest BCUT2D eigenvalue weighted by Gasteiger charge is 2.09. The Morgan fingerprint density at radius 2 is 2.11 bits per heavy atom. The van der Waals surface area contributed by atoms with Crippen molar-refractivity contribution in [2.24, 2.45) is 0 Å². The van der Waals surface area contributed by atoms with Crippen molar-refractivity contribution in [2.75, 3.05) is 24.7 Å². The first-order chi connectivity index (χ1) is 8.58. The summed E-state index contributed by atoms with van der Waals surface area (Å²) in [5.41, 5.74) is 5.74. The smallest absolute Gasteiger partial charge is 0.208 e. The fraction of sp³-hybridized carbons (Fsp3) is 0.400. The van der Waals surface area contributed by atoms with Gasteiger partial charge in [0.05, 0.1) is 0 Å². The summed E-state index contributed by atoms with van der Waals surface area (Å²) in [6.07, 6.45) is 0.762. The average Bonchev–Trinajstić information content (AvgIpc) is 2.76. The van der Waals surface area contributed by atoms with Gasteiger partial charge in [0.25, 0.3) is 0 Å². The van der Waals surface area contributed by atoms with Gasteiger partial charge in [0, 0.05) is 26.6 Å². The van der Waals surface area contributed by atoms with Crippen molar-refractivity contribution < 1.29 is 0 Å². The van der Waals surface area contributed by atoms with Crippen LogP contribution in [0.4, 0.5) is 10.9 Å². The number of anilines is 2. The second-order valence-corrected chi connectivity index (χ2v) is 5.97. The SMILES string of the molecule is CCc1nc(N)cc(Sc2nnc(N(C)C)s2)n1. The molecule has 0 fully saturated rings. The van der Waals surface area contributed by atoms with E-state index in [9.17, 15) is 0 Å². The van der Waals surface area contributed by atoms with E-state index in [0.717, 1.165) is 26.7 Å². The number of hydrogen-bond donors (Lipinski definition) is 1. The second-order valence-electron chi connectivity index (χ2n) is 3.75. The molecule has 96 valence electrons. The summed E-state index contributed by atoms with van der Waals surface area (Å²) in [6, 6.07) is 1.75. The number of hydrogen-bond acceptors (Lipinski definition) is 8. The molecule has 2 heterocycles. The van der Waals surface area contributed by atoms with Crippen LogP contribution in [0.25, 0.3) is 0 Å². The molecule has 18 heavy (non-hydrogen) atoms. The Hall–Kier alpha value is -1.41. The Balaban J connectivity index is 2.19. The van der Waals surface area contributed by atoms with E-state index >= 15 is 0 Å². The van der Waals surface area contributed by atoms with Gasteiger partial charge in [-0.15, -0.1) is 10.2 Å². The Bertz CT molecular complexity index is 539. The van der Waals surface area contributed by atoms with Gasteiger partial charge < -0.3 is 10.6 Å². The van der Waals surface area contributed by atoms with Crippen molar-refractivity contribution in [3.05, 3.63) is 11.9 Å². The predicted octanol–water partition coefficient (Wildman–Crippen LogP) is 1.69. The lowest BCUT2D eigenvalue weighted by Crippen LogP contribution is -2.07. The normalized spacial score (nSPS) is 10.6. The highest BCUT2D eigenvalue weighted by Crippen LogP contribution is 2.32. The van der Waals surface area contributed by atoms with Crippen molar-refractivity contribution in [3.8, 4) is 0 Å². The van der Waals surface area contributed by atoms with Crippen LogP contribution >= 0.6 is 23.1 Å². The standard InChI is InChI=1S/C10H14N6S2/c1-4-7-12-6(11)5-8(13-7)17-10-15-14-9(18-10)16(2)3/h5H,4H2,1-3H3,(H2,11,12,13). The molecule has 2 aromatic heterocycles. The quantitative estimate of drug-likeness (QED) is 0.854. The van der Waals surface area contributed by atoms with Crippen LogP contribution < -0.4 is 10.6 Å². The Morgan fingerprint density at radius 1 is 1.33 bits per heavy atom. The molecule has 0 radical (unpaired) electrons. The third-order valence-electron chi connectivity index (χ3n) is 2.06. The molecule has 0 unspecified atom stereocenters. The van der Waals surface area contributed by atoms with Crippen LogP contribution in [-0.4, -0.2) is 34.3 Å². The molecule has 2 N–H and O–H groups in total. The van der Waals surface area contributed by atoms with E-state index in [-0.39, 0.29) is 0 Å². The zero-order valence-electron chi connectivity index (χ0n) is 10.4. The minimum Gasteiger partial charge on any atom is -0.384 e. The Labute approximate surface area is 114 Å². The fourth-order valence-corrected chi connectivity index (χ4v) is 2.96. The number of aromatic nitrogens is 4. The molecule has 8 heteroatoms. The monoisotopic (exact) mass is 282 g/mol. The first-order valence-corrected chi connectivity index (χ1v) is 7.04. The Morgan fingerprint density at radius 3 is 2.72 bits per heavy atom. The van der Waals surface area contributed by atoms with E-state index in [1.807, 2.05) is 25.9 Å². The topological polar surface area (TPSA) is 80.8 Å². The number of nitrogens with zero attached hydrogens (tertiary/aromatic N) is 5. The highest BCUT2D eigenvalue weighted by atomic mass is 32.2. The highest BCUT2D eigenvalue weighted by molar-refractivity contribution is 8.01. The number of nitrogens with two attached hydrogens (primary N) is 1. The summed E-state index contributed by atoms with van der Waals surface area (Å²) < 4.78 is 0.846. The molecule has 0 aliphatic rings. The summed E-state index contributed by atoms with van der Waals surface area (Å²) in [6.45, 7) is 2.00. The van der Waals surface area contributed by atoms with E-state index in [4.69, 9.17) is 5.73 Å². The fourth-order valence-electron chi connectivity index (χ4n) is 1.22. The van der Waals surface area contributed by atoms with Crippen molar-refractivity contribution in [1.82, 2.24) is 20.2 Å². The summed E-state index contributed by atoms with van der Waals surface area (Å²) in [5, 5.41) is 9.86. The summed E-state index contributed by atoms with van der Waals surface area (Å²) in [5.74, 6) is 1.23. The van der Waals surface area contributed by atoms with E-state index < -0.39 is 0 Å². The van der Waals surface area contributed by atoms with Crippen molar-refractivity contribution in [2.45, 2.75) is 22.7 Å². The Kier molecular flexibility index (Phi) is 3.97. The first kappa shape index (κ1) is 13.0. The van der Waals surface area contributed by atoms with Crippen LogP contribution in [0.2, 0.25) is 0 Å². The minimum absolute atomic E-state index is 0.488. The predicted molar refractivity (Wildman–Crippen MR) is 74.2 cm³/mol. The van der Waals surface area contributed by atoms with Gasteiger partial charge in [-0.1, -0.05) is 18.3 Å². The van der Waals surface area contributed by atoms with Gasteiger partial charge in [-0.25, -0.2) is 9.97 Å². The molecule has 0 aliphatic heterocycles. The molecule has 6 nitrogen and oxygen atoms in total. The molecule has 0 aliphatic carbocycles. The summed E-state index contributed by atoms with van der Waals surface area (Å²) in [7, 11) is 3.87. The van der Waals surface area contributed by atoms with Gasteiger partial charge in [-0.3, -0.25) is 0 Å². The molecule has 2 aromatic rings. The van der Waals surface area contributed by atoms with E-state index in [2.05, 4.69) is 20.2 Å². The van der Waals surface area contributed by atoms with Crippen molar-refractivity contribution >= 4 is 34.0 Å². The van der Waals surface area contributed by atoms with Crippen LogP contribution in [0.15, 0.2) is 15.4 Å². The number of aryl methyl sites for hydroxylation is 1. The van der Waals surface area contributed by atoms with Crippen LogP contribution in [0, 0.1) is 0 Å². The van der Waals surface area contributed by atoms with Gasteiger partial charge >= 0.3 is 0 Å². The zero-order chi connectivity index (χ0) is 13.1. The lowest BCUT2D eigenvalue weighted by molar-refractivity contribution is 0.892. The van der Waals surface area contributed by atoms with E-state index in [1.165, 1.54) is 23.1 Å². The van der Waals surface area contributed by atoms with Gasteiger partial charge in [0.2, 0.25) is 5.13 Å². The van der Waals surface area contributed by atoms with Gasteiger partial charge in [-0.2, -0.15) is 0 Å². The second kappa shape index (κ2) is 5.49. The molecular weight excluding hydrogens is 268 g/mol. The van der Waals surface area contributed by atoms with Crippen LogP contribution in [0.3, 0.4) is 0 Å². The third-order valence-corrected chi connectivity index (χ3v) is 4.12. The first-order valence-electron chi connectivity index (χ1n) is 5.40. The molecule has 0 aromatic carbocycles. The largest absolute Gasteiger partial charge is 0.384 e. The maximum Gasteiger partial charge on any atom is 0.208 e. The van der Waals surface area contributed by atoms with E-state index in [1.54, 1.807) is 6.07 Å². The number of nitrogen functional groups attached to an aromatic ring is 1. The summed E-state index contributed by atoms with van der Waals surface area (Å²) in [4.78, 5) is 10.5. The van der Waals surface area contributed by atoms with Gasteiger partial charge in [-0.05, 0) is 11.8 Å². The molecule has 0 spiro atoms. The van der Waals surface area contributed by atoms with Gasteiger partial charge in [0.1, 0.15) is 16.7 Å². The molecule has 0 atom stereocenters. The number of rotatable bonds is 4. The summed E-state index contributed by atoms with van der Waals surface area (Å²) >= 11 is 2.98. The third kappa shape index (κ3) is 3.08. The minimum atomic E-state index is 0.488. The van der Waals surface area contributed by atoms with Crippen molar-refractivity contribution in [3.63, 3.8) is 0 Å². The average molecular weight is 282 g/mol. The molecular formula is C10H14N6S2.